The molecule has 0 spiro atoms. The highest BCUT2D eigenvalue weighted by molar-refractivity contribution is 6.03. The molecule has 2 atom stereocenters. The van der Waals surface area contributed by atoms with Gasteiger partial charge in [0.25, 0.3) is 0 Å². The average Bonchev–Trinajstić information content (AvgIpc) is 2.84. The lowest BCUT2D eigenvalue weighted by Gasteiger charge is -2.35. The Balaban J connectivity index is 1.90. The van der Waals surface area contributed by atoms with Gasteiger partial charge in [-0.3, -0.25) is 9.80 Å². The number of hydrazone groups is 1. The third-order valence-corrected chi connectivity index (χ3v) is 5.76. The van der Waals surface area contributed by atoms with Gasteiger partial charge in [-0.05, 0) is 48.7 Å². The summed E-state index contributed by atoms with van der Waals surface area (Å²) in [5.74, 6) is 0.0397. The standard InChI is InChI=1S/C25H29F2N3O4/c1-4-17-12-20(15-31)30(14-16-6-9-19(10-7-16)28-23(32)5-2)29-24(17)18-8-11-21(33-3)22(13-18)34-25(26)27/h6-11,13,15,17,20,25H,4-5,12,14H2,1-3H3,(H,28,32). The number of aldehydes is 1. The maximum Gasteiger partial charge on any atom is 0.387 e. The monoisotopic (exact) mass is 473 g/mol. The predicted molar refractivity (Wildman–Crippen MR) is 125 cm³/mol. The first-order valence-electron chi connectivity index (χ1n) is 11.2. The fourth-order valence-corrected chi connectivity index (χ4v) is 3.90. The van der Waals surface area contributed by atoms with Crippen molar-refractivity contribution in [3.8, 4) is 11.5 Å². The molecule has 0 radical (unpaired) electrons. The number of carbonyl (C=O) groups is 2. The second-order valence-corrected chi connectivity index (χ2v) is 7.97. The molecule has 0 bridgehead atoms. The first-order valence-corrected chi connectivity index (χ1v) is 11.2. The fraction of sp³-hybridized carbons (Fsp3) is 0.400. The SMILES string of the molecule is CCC(=O)Nc1ccc(CN2N=C(c3ccc(OC)c(OC(F)F)c3)C(CC)CC2C=O)cc1. The van der Waals surface area contributed by atoms with E-state index in [-0.39, 0.29) is 23.3 Å². The van der Waals surface area contributed by atoms with Crippen LogP contribution in [0.25, 0.3) is 0 Å². The lowest BCUT2D eigenvalue weighted by Crippen LogP contribution is -2.41. The highest BCUT2D eigenvalue weighted by atomic mass is 19.3. The number of rotatable bonds is 10. The molecule has 3 rings (SSSR count). The minimum Gasteiger partial charge on any atom is -0.493 e. The van der Waals surface area contributed by atoms with E-state index in [1.807, 2.05) is 19.1 Å². The Labute approximate surface area is 197 Å². The van der Waals surface area contributed by atoms with Crippen molar-refractivity contribution in [1.82, 2.24) is 5.01 Å². The number of amides is 1. The third kappa shape index (κ3) is 6.09. The molecule has 9 heteroatoms. The summed E-state index contributed by atoms with van der Waals surface area (Å²) in [7, 11) is 1.38. The molecule has 2 aromatic carbocycles. The van der Waals surface area contributed by atoms with Crippen molar-refractivity contribution < 1.29 is 27.8 Å². The van der Waals surface area contributed by atoms with E-state index in [2.05, 4.69) is 10.1 Å². The summed E-state index contributed by atoms with van der Waals surface area (Å²) < 4.78 is 35.6. The summed E-state index contributed by atoms with van der Waals surface area (Å²) >= 11 is 0. The third-order valence-electron chi connectivity index (χ3n) is 5.76. The Morgan fingerprint density at radius 3 is 2.53 bits per heavy atom. The van der Waals surface area contributed by atoms with Gasteiger partial charge < -0.3 is 19.6 Å². The summed E-state index contributed by atoms with van der Waals surface area (Å²) in [6.45, 7) is 1.17. The molecule has 0 saturated heterocycles. The molecule has 7 nitrogen and oxygen atoms in total. The number of carbonyl (C=O) groups excluding carboxylic acids is 2. The van der Waals surface area contributed by atoms with Gasteiger partial charge >= 0.3 is 6.61 Å². The number of hydrogen-bond acceptors (Lipinski definition) is 6. The quantitative estimate of drug-likeness (QED) is 0.499. The molecule has 1 aliphatic rings. The van der Waals surface area contributed by atoms with Gasteiger partial charge in [0, 0.05) is 23.6 Å². The van der Waals surface area contributed by atoms with E-state index >= 15 is 0 Å². The van der Waals surface area contributed by atoms with E-state index in [4.69, 9.17) is 9.84 Å². The predicted octanol–water partition coefficient (Wildman–Crippen LogP) is 4.85. The van der Waals surface area contributed by atoms with Crippen molar-refractivity contribution in [3.05, 3.63) is 53.6 Å². The zero-order chi connectivity index (χ0) is 24.7. The van der Waals surface area contributed by atoms with Crippen LogP contribution in [-0.2, 0) is 16.1 Å². The van der Waals surface area contributed by atoms with Gasteiger partial charge in [-0.1, -0.05) is 26.0 Å². The van der Waals surface area contributed by atoms with Crippen molar-refractivity contribution in [2.75, 3.05) is 12.4 Å². The molecule has 0 fully saturated rings. The molecule has 34 heavy (non-hydrogen) atoms. The van der Waals surface area contributed by atoms with E-state index in [0.29, 0.717) is 36.3 Å². The Bertz CT molecular complexity index is 1030. The van der Waals surface area contributed by atoms with Crippen LogP contribution >= 0.6 is 0 Å². The summed E-state index contributed by atoms with van der Waals surface area (Å²) in [4.78, 5) is 23.4. The summed E-state index contributed by atoms with van der Waals surface area (Å²) in [6.07, 6.45) is 2.57. The number of hydrogen-bond donors (Lipinski definition) is 1. The Kier molecular flexibility index (Phi) is 8.56. The second-order valence-electron chi connectivity index (χ2n) is 7.97. The smallest absolute Gasteiger partial charge is 0.387 e. The molecule has 2 aromatic rings. The average molecular weight is 474 g/mol. The van der Waals surface area contributed by atoms with E-state index in [9.17, 15) is 18.4 Å². The summed E-state index contributed by atoms with van der Waals surface area (Å²) in [6, 6.07) is 11.8. The number of nitrogens with one attached hydrogen (secondary N) is 1. The first kappa shape index (κ1) is 25.1. The Hall–Kier alpha value is -3.49. The fourth-order valence-electron chi connectivity index (χ4n) is 3.90. The second kappa shape index (κ2) is 11.6. The molecule has 0 aromatic heterocycles. The molecule has 1 N–H and O–H groups in total. The van der Waals surface area contributed by atoms with E-state index in [1.165, 1.54) is 13.2 Å². The molecule has 1 amide bonds. The Morgan fingerprint density at radius 1 is 1.21 bits per heavy atom. The van der Waals surface area contributed by atoms with Crippen LogP contribution in [0.15, 0.2) is 47.6 Å². The van der Waals surface area contributed by atoms with E-state index < -0.39 is 12.7 Å². The first-order chi connectivity index (χ1) is 16.4. The van der Waals surface area contributed by atoms with Crippen LogP contribution in [0.3, 0.4) is 0 Å². The van der Waals surface area contributed by atoms with Crippen LogP contribution in [0.2, 0.25) is 0 Å². The van der Waals surface area contributed by atoms with Gasteiger partial charge in [-0.15, -0.1) is 0 Å². The summed E-state index contributed by atoms with van der Waals surface area (Å²) in [5, 5.41) is 9.29. The van der Waals surface area contributed by atoms with E-state index in [1.54, 1.807) is 36.2 Å². The van der Waals surface area contributed by atoms with Gasteiger partial charge in [0.1, 0.15) is 12.3 Å². The van der Waals surface area contributed by atoms with Crippen LogP contribution in [0.5, 0.6) is 11.5 Å². The number of anilines is 1. The molecule has 2 unspecified atom stereocenters. The minimum atomic E-state index is -2.99. The van der Waals surface area contributed by atoms with Crippen LogP contribution in [0.1, 0.15) is 44.2 Å². The maximum atomic E-state index is 12.9. The van der Waals surface area contributed by atoms with Crippen molar-refractivity contribution >= 4 is 23.6 Å². The molecule has 1 heterocycles. The maximum absolute atomic E-state index is 12.9. The lowest BCUT2D eigenvalue weighted by molar-refractivity contribution is -0.116. The van der Waals surface area contributed by atoms with Crippen LogP contribution in [-0.4, -0.2) is 42.7 Å². The zero-order valence-corrected chi connectivity index (χ0v) is 19.5. The lowest BCUT2D eigenvalue weighted by atomic mass is 9.87. The number of halogens is 2. The van der Waals surface area contributed by atoms with Gasteiger partial charge in [0.05, 0.1) is 19.4 Å². The summed E-state index contributed by atoms with van der Waals surface area (Å²) in [5.41, 5.74) is 2.95. The van der Waals surface area contributed by atoms with Crippen molar-refractivity contribution in [1.29, 1.82) is 0 Å². The van der Waals surface area contributed by atoms with Crippen LogP contribution in [0, 0.1) is 5.92 Å². The number of ether oxygens (including phenoxy) is 2. The molecule has 182 valence electrons. The number of alkyl halides is 2. The Morgan fingerprint density at radius 2 is 1.94 bits per heavy atom. The van der Waals surface area contributed by atoms with Crippen LogP contribution in [0.4, 0.5) is 14.5 Å². The number of benzene rings is 2. The van der Waals surface area contributed by atoms with Crippen LogP contribution < -0.4 is 14.8 Å². The highest BCUT2D eigenvalue weighted by Gasteiger charge is 2.31. The number of nitrogens with zero attached hydrogens (tertiary/aromatic N) is 2. The minimum absolute atomic E-state index is 0.0223. The zero-order valence-electron chi connectivity index (χ0n) is 19.5. The number of methoxy groups -OCH3 is 1. The van der Waals surface area contributed by atoms with Crippen molar-refractivity contribution in [2.24, 2.45) is 11.0 Å². The normalized spacial score (nSPS) is 17.8. The topological polar surface area (TPSA) is 80.2 Å². The van der Waals surface area contributed by atoms with E-state index in [0.717, 1.165) is 18.3 Å². The molecular weight excluding hydrogens is 444 g/mol. The molecule has 0 aliphatic carbocycles. The highest BCUT2D eigenvalue weighted by Crippen LogP contribution is 2.33. The van der Waals surface area contributed by atoms with Gasteiger partial charge in [0.2, 0.25) is 5.91 Å². The van der Waals surface area contributed by atoms with Gasteiger partial charge in [-0.2, -0.15) is 13.9 Å². The largest absolute Gasteiger partial charge is 0.493 e. The van der Waals surface area contributed by atoms with Gasteiger partial charge in [0.15, 0.2) is 11.5 Å². The molecular formula is C25H29F2N3O4. The molecule has 1 aliphatic heterocycles. The van der Waals surface area contributed by atoms with Gasteiger partial charge in [-0.25, -0.2) is 0 Å². The van der Waals surface area contributed by atoms with Crippen molar-refractivity contribution in [3.63, 3.8) is 0 Å². The molecule has 0 saturated carbocycles. The van der Waals surface area contributed by atoms with Crippen molar-refractivity contribution in [2.45, 2.75) is 52.3 Å².